The molecule has 1 aromatic carbocycles. The number of hydrogen-bond acceptors (Lipinski definition) is 7. The maximum absolute atomic E-state index is 12.2. The van der Waals surface area contributed by atoms with Crippen LogP contribution in [0.15, 0.2) is 30.3 Å². The van der Waals surface area contributed by atoms with Crippen LogP contribution in [0.4, 0.5) is 0 Å². The van der Waals surface area contributed by atoms with Gasteiger partial charge in [-0.25, -0.2) is 0 Å². The zero-order valence-corrected chi connectivity index (χ0v) is 14.4. The molecular formula is C16H23N7O3. The van der Waals surface area contributed by atoms with E-state index in [4.69, 9.17) is 5.73 Å². The molecule has 6 N–H and O–H groups in total. The quantitative estimate of drug-likeness (QED) is 0.383. The summed E-state index contributed by atoms with van der Waals surface area (Å²) in [5, 5.41) is 28.6. The van der Waals surface area contributed by atoms with Crippen LogP contribution < -0.4 is 16.4 Å². The van der Waals surface area contributed by atoms with Crippen LogP contribution >= 0.6 is 0 Å². The number of aliphatic hydroxyl groups is 1. The molecule has 0 aliphatic rings. The van der Waals surface area contributed by atoms with Crippen LogP contribution in [-0.2, 0) is 9.59 Å². The molecule has 0 aliphatic heterocycles. The molecule has 2 rings (SSSR count). The SMILES string of the molecule is CCCC(N)C(O)C(=O)NCC(=O)NC(c1ccccc1)c1nn[nH]n1. The zero-order valence-electron chi connectivity index (χ0n) is 14.4. The van der Waals surface area contributed by atoms with Crippen LogP contribution in [0.2, 0.25) is 0 Å². The van der Waals surface area contributed by atoms with Crippen LogP contribution in [0, 0.1) is 0 Å². The number of nitrogens with two attached hydrogens (primary N) is 1. The van der Waals surface area contributed by atoms with Gasteiger partial charge in [0.05, 0.1) is 6.54 Å². The number of aromatic amines is 1. The third-order valence-electron chi connectivity index (χ3n) is 3.78. The molecular weight excluding hydrogens is 338 g/mol. The Hall–Kier alpha value is -2.85. The van der Waals surface area contributed by atoms with E-state index in [0.29, 0.717) is 12.2 Å². The summed E-state index contributed by atoms with van der Waals surface area (Å²) in [5.74, 6) is -0.855. The maximum Gasteiger partial charge on any atom is 0.250 e. The first-order valence-corrected chi connectivity index (χ1v) is 8.32. The summed E-state index contributed by atoms with van der Waals surface area (Å²) < 4.78 is 0. The predicted octanol–water partition coefficient (Wildman–Crippen LogP) is -0.990. The number of carbonyl (C=O) groups excluding carboxylic acids is 2. The first-order valence-electron chi connectivity index (χ1n) is 8.32. The van der Waals surface area contributed by atoms with Gasteiger partial charge in [0.25, 0.3) is 5.91 Å². The van der Waals surface area contributed by atoms with Gasteiger partial charge >= 0.3 is 0 Å². The highest BCUT2D eigenvalue weighted by atomic mass is 16.3. The molecule has 0 saturated carbocycles. The number of hydrogen-bond donors (Lipinski definition) is 5. The Morgan fingerprint density at radius 2 is 2.04 bits per heavy atom. The van der Waals surface area contributed by atoms with E-state index in [2.05, 4.69) is 31.3 Å². The number of amides is 2. The van der Waals surface area contributed by atoms with Crippen LogP contribution in [0.1, 0.15) is 37.2 Å². The molecule has 0 aliphatic carbocycles. The Morgan fingerprint density at radius 3 is 2.65 bits per heavy atom. The highest BCUT2D eigenvalue weighted by Gasteiger charge is 2.24. The minimum absolute atomic E-state index is 0.292. The van der Waals surface area contributed by atoms with Crippen molar-refractivity contribution in [2.24, 2.45) is 5.73 Å². The van der Waals surface area contributed by atoms with Crippen molar-refractivity contribution < 1.29 is 14.7 Å². The molecule has 0 spiro atoms. The van der Waals surface area contributed by atoms with Gasteiger partial charge in [-0.2, -0.15) is 5.21 Å². The Morgan fingerprint density at radius 1 is 1.31 bits per heavy atom. The number of rotatable bonds is 9. The van der Waals surface area contributed by atoms with E-state index >= 15 is 0 Å². The highest BCUT2D eigenvalue weighted by Crippen LogP contribution is 2.17. The second-order valence-corrected chi connectivity index (χ2v) is 5.80. The molecule has 0 bridgehead atoms. The van der Waals surface area contributed by atoms with Crippen molar-refractivity contribution in [3.63, 3.8) is 0 Å². The Labute approximate surface area is 150 Å². The summed E-state index contributed by atoms with van der Waals surface area (Å²) in [7, 11) is 0. The van der Waals surface area contributed by atoms with Crippen molar-refractivity contribution in [2.75, 3.05) is 6.54 Å². The monoisotopic (exact) mass is 361 g/mol. The molecule has 3 unspecified atom stereocenters. The topological polar surface area (TPSA) is 159 Å². The van der Waals surface area contributed by atoms with Crippen LogP contribution in [0.25, 0.3) is 0 Å². The third kappa shape index (κ3) is 5.33. The second-order valence-electron chi connectivity index (χ2n) is 5.80. The fraction of sp³-hybridized carbons (Fsp3) is 0.438. The lowest BCUT2D eigenvalue weighted by molar-refractivity contribution is -0.132. The highest BCUT2D eigenvalue weighted by molar-refractivity contribution is 5.87. The van der Waals surface area contributed by atoms with Crippen molar-refractivity contribution in [1.29, 1.82) is 0 Å². The minimum Gasteiger partial charge on any atom is -0.382 e. The molecule has 0 saturated heterocycles. The van der Waals surface area contributed by atoms with E-state index in [0.717, 1.165) is 12.0 Å². The number of benzene rings is 1. The summed E-state index contributed by atoms with van der Waals surface area (Å²) >= 11 is 0. The van der Waals surface area contributed by atoms with Crippen molar-refractivity contribution >= 4 is 11.8 Å². The number of carbonyl (C=O) groups is 2. The second kappa shape index (κ2) is 9.59. The normalized spacial score (nSPS) is 14.3. The molecule has 26 heavy (non-hydrogen) atoms. The largest absolute Gasteiger partial charge is 0.382 e. The molecule has 10 heteroatoms. The standard InChI is InChI=1S/C16H23N7O3/c1-2-6-11(17)14(25)16(26)18-9-12(24)19-13(15-20-22-23-21-15)10-7-4-3-5-8-10/h3-5,7-8,11,13-14,25H,2,6,9,17H2,1H3,(H,18,26)(H,19,24)(H,20,21,22,23). The molecule has 2 amide bonds. The van der Waals surface area contributed by atoms with Gasteiger partial charge in [0.2, 0.25) is 11.7 Å². The number of H-pyrrole nitrogens is 1. The van der Waals surface area contributed by atoms with Gasteiger partial charge in [-0.15, -0.1) is 10.2 Å². The smallest absolute Gasteiger partial charge is 0.250 e. The Bertz CT molecular complexity index is 693. The summed E-state index contributed by atoms with van der Waals surface area (Å²) in [6, 6.07) is 7.83. The number of nitrogens with one attached hydrogen (secondary N) is 3. The van der Waals surface area contributed by atoms with Gasteiger partial charge in [0, 0.05) is 6.04 Å². The molecule has 140 valence electrons. The number of aliphatic hydroxyl groups excluding tert-OH is 1. The fourth-order valence-electron chi connectivity index (χ4n) is 2.40. The van der Waals surface area contributed by atoms with Gasteiger partial charge in [0.15, 0.2) is 0 Å². The zero-order chi connectivity index (χ0) is 18.9. The van der Waals surface area contributed by atoms with E-state index in [1.165, 1.54) is 0 Å². The Kier molecular flexibility index (Phi) is 7.18. The van der Waals surface area contributed by atoms with Gasteiger partial charge in [-0.3, -0.25) is 9.59 Å². The first kappa shape index (κ1) is 19.5. The summed E-state index contributed by atoms with van der Waals surface area (Å²) in [6.07, 6.45) is -0.102. The maximum atomic E-state index is 12.2. The van der Waals surface area contributed by atoms with E-state index in [9.17, 15) is 14.7 Å². The summed E-state index contributed by atoms with van der Waals surface area (Å²) in [5.41, 5.74) is 6.48. The lowest BCUT2D eigenvalue weighted by Crippen LogP contribution is -2.49. The van der Waals surface area contributed by atoms with E-state index in [-0.39, 0.29) is 6.54 Å². The summed E-state index contributed by atoms with van der Waals surface area (Å²) in [4.78, 5) is 24.1. The first-order chi connectivity index (χ1) is 12.5. The number of aromatic nitrogens is 4. The van der Waals surface area contributed by atoms with Crippen molar-refractivity contribution in [1.82, 2.24) is 31.3 Å². The molecule has 10 nitrogen and oxygen atoms in total. The molecule has 0 radical (unpaired) electrons. The average molecular weight is 361 g/mol. The number of nitrogens with zero attached hydrogens (tertiary/aromatic N) is 3. The fourth-order valence-corrected chi connectivity index (χ4v) is 2.40. The molecule has 1 heterocycles. The van der Waals surface area contributed by atoms with E-state index in [1.807, 2.05) is 37.3 Å². The minimum atomic E-state index is -1.36. The van der Waals surface area contributed by atoms with Gasteiger partial charge < -0.3 is 21.5 Å². The van der Waals surface area contributed by atoms with Crippen molar-refractivity contribution in [2.45, 2.75) is 38.0 Å². The lowest BCUT2D eigenvalue weighted by atomic mass is 10.1. The molecule has 2 aromatic rings. The molecule has 0 fully saturated rings. The predicted molar refractivity (Wildman–Crippen MR) is 92.5 cm³/mol. The van der Waals surface area contributed by atoms with Crippen LogP contribution in [0.3, 0.4) is 0 Å². The van der Waals surface area contributed by atoms with Crippen LogP contribution in [0.5, 0.6) is 0 Å². The molecule has 3 atom stereocenters. The van der Waals surface area contributed by atoms with Gasteiger partial charge in [-0.1, -0.05) is 48.9 Å². The van der Waals surface area contributed by atoms with E-state index in [1.54, 1.807) is 0 Å². The average Bonchev–Trinajstić information content (AvgIpc) is 3.18. The Balaban J connectivity index is 1.95. The van der Waals surface area contributed by atoms with E-state index < -0.39 is 30.0 Å². The summed E-state index contributed by atoms with van der Waals surface area (Å²) in [6.45, 7) is 1.59. The lowest BCUT2D eigenvalue weighted by Gasteiger charge is -2.19. The van der Waals surface area contributed by atoms with Crippen molar-refractivity contribution in [3.05, 3.63) is 41.7 Å². The van der Waals surface area contributed by atoms with Crippen molar-refractivity contribution in [3.8, 4) is 0 Å². The third-order valence-corrected chi connectivity index (χ3v) is 3.78. The molecule has 1 aromatic heterocycles. The van der Waals surface area contributed by atoms with Crippen LogP contribution in [-0.4, -0.2) is 56.2 Å². The van der Waals surface area contributed by atoms with Gasteiger partial charge in [0.1, 0.15) is 12.1 Å². The number of tetrazole rings is 1. The van der Waals surface area contributed by atoms with Gasteiger partial charge in [-0.05, 0) is 12.0 Å².